The Balaban J connectivity index is 1.63. The van der Waals surface area contributed by atoms with E-state index in [1.165, 1.54) is 0 Å². The third kappa shape index (κ3) is 4.88. The minimum Gasteiger partial charge on any atom is -0.454 e. The predicted molar refractivity (Wildman–Crippen MR) is 124 cm³/mol. The van der Waals surface area contributed by atoms with Gasteiger partial charge in [0.05, 0.1) is 5.75 Å². The SMILES string of the molecule is CCCS(=O)(=O)NCCCn1c(Cc2cc3c(cc2I)OCO3)nc2c(N)nc(F)nc21. The molecule has 3 heterocycles. The molecule has 0 spiro atoms. The zero-order valence-corrected chi connectivity index (χ0v) is 20.2. The first-order valence-electron chi connectivity index (χ1n) is 10.0. The summed E-state index contributed by atoms with van der Waals surface area (Å²) < 4.78 is 53.9. The van der Waals surface area contributed by atoms with Crippen molar-refractivity contribution in [1.29, 1.82) is 0 Å². The first-order chi connectivity index (χ1) is 15.3. The smallest absolute Gasteiger partial charge is 0.312 e. The first kappa shape index (κ1) is 22.9. The molecule has 0 saturated heterocycles. The minimum atomic E-state index is -3.31. The largest absolute Gasteiger partial charge is 0.454 e. The Morgan fingerprint density at radius 2 is 2.00 bits per heavy atom. The number of anilines is 1. The lowest BCUT2D eigenvalue weighted by atomic mass is 10.1. The highest BCUT2D eigenvalue weighted by Gasteiger charge is 2.21. The van der Waals surface area contributed by atoms with Gasteiger partial charge in [-0.25, -0.2) is 18.1 Å². The van der Waals surface area contributed by atoms with Gasteiger partial charge in [-0.2, -0.15) is 14.4 Å². The van der Waals surface area contributed by atoms with E-state index in [2.05, 4.69) is 42.3 Å². The second-order valence-electron chi connectivity index (χ2n) is 7.27. The van der Waals surface area contributed by atoms with E-state index in [0.29, 0.717) is 48.6 Å². The summed E-state index contributed by atoms with van der Waals surface area (Å²) in [5.41, 5.74) is 7.42. The van der Waals surface area contributed by atoms with Gasteiger partial charge in [0.2, 0.25) is 16.8 Å². The van der Waals surface area contributed by atoms with Gasteiger partial charge in [-0.15, -0.1) is 0 Å². The molecule has 0 saturated carbocycles. The summed E-state index contributed by atoms with van der Waals surface area (Å²) in [6.45, 7) is 2.59. The number of nitrogens with two attached hydrogens (primary N) is 1. The van der Waals surface area contributed by atoms with Crippen molar-refractivity contribution < 1.29 is 22.3 Å². The van der Waals surface area contributed by atoms with Gasteiger partial charge >= 0.3 is 6.08 Å². The Labute approximate surface area is 197 Å². The Kier molecular flexibility index (Phi) is 6.67. The minimum absolute atomic E-state index is 0.0449. The maximum Gasteiger partial charge on any atom is 0.312 e. The molecule has 0 aliphatic carbocycles. The van der Waals surface area contributed by atoms with E-state index in [4.69, 9.17) is 15.2 Å². The topological polar surface area (TPSA) is 134 Å². The molecule has 0 radical (unpaired) electrons. The van der Waals surface area contributed by atoms with Gasteiger partial charge in [0, 0.05) is 23.1 Å². The quantitative estimate of drug-likeness (QED) is 0.225. The van der Waals surface area contributed by atoms with Crippen LogP contribution in [0.5, 0.6) is 11.5 Å². The van der Waals surface area contributed by atoms with Gasteiger partial charge in [0.1, 0.15) is 5.82 Å². The number of hydrogen-bond acceptors (Lipinski definition) is 8. The first-order valence-corrected chi connectivity index (χ1v) is 12.7. The number of sulfonamides is 1. The van der Waals surface area contributed by atoms with Crippen molar-refractivity contribution >= 4 is 49.6 Å². The summed E-state index contributed by atoms with van der Waals surface area (Å²) in [4.78, 5) is 12.0. The van der Waals surface area contributed by atoms with E-state index in [-0.39, 0.29) is 30.6 Å². The van der Waals surface area contributed by atoms with Crippen LogP contribution in [-0.4, -0.2) is 47.0 Å². The number of nitrogens with zero attached hydrogens (tertiary/aromatic N) is 4. The molecule has 13 heteroatoms. The van der Waals surface area contributed by atoms with Gasteiger partial charge in [0.25, 0.3) is 0 Å². The van der Waals surface area contributed by atoms with Gasteiger partial charge in [-0.1, -0.05) is 6.92 Å². The highest BCUT2D eigenvalue weighted by Crippen LogP contribution is 2.36. The summed E-state index contributed by atoms with van der Waals surface area (Å²) in [6, 6.07) is 3.78. The van der Waals surface area contributed by atoms with Crippen molar-refractivity contribution in [2.75, 3.05) is 24.8 Å². The fourth-order valence-corrected chi connectivity index (χ4v) is 5.25. The maximum absolute atomic E-state index is 13.9. The number of nitrogens with one attached hydrogen (secondary N) is 1. The van der Waals surface area contributed by atoms with Crippen LogP contribution in [0, 0.1) is 9.65 Å². The third-order valence-corrected chi connectivity index (χ3v) is 7.51. The molecule has 3 N–H and O–H groups in total. The van der Waals surface area contributed by atoms with E-state index in [0.717, 1.165) is 9.13 Å². The molecule has 1 aliphatic heterocycles. The van der Waals surface area contributed by atoms with Crippen molar-refractivity contribution in [2.45, 2.75) is 32.7 Å². The zero-order valence-electron chi connectivity index (χ0n) is 17.3. The molecule has 0 atom stereocenters. The fourth-order valence-electron chi connectivity index (χ4n) is 3.48. The lowest BCUT2D eigenvalue weighted by Crippen LogP contribution is -2.27. The Morgan fingerprint density at radius 3 is 2.75 bits per heavy atom. The van der Waals surface area contributed by atoms with Gasteiger partial charge in [-0.05, 0) is 53.1 Å². The summed E-state index contributed by atoms with van der Waals surface area (Å²) >= 11 is 2.21. The molecular formula is C19H22FIN6O4S. The summed E-state index contributed by atoms with van der Waals surface area (Å²) in [7, 11) is -3.31. The van der Waals surface area contributed by atoms with Crippen molar-refractivity contribution in [3.8, 4) is 11.5 Å². The number of halogens is 2. The van der Waals surface area contributed by atoms with Crippen LogP contribution in [0.4, 0.5) is 10.2 Å². The number of hydrogen-bond donors (Lipinski definition) is 2. The number of nitrogen functional groups attached to an aromatic ring is 1. The highest BCUT2D eigenvalue weighted by atomic mass is 127. The summed E-state index contributed by atoms with van der Waals surface area (Å²) in [5, 5.41) is 0. The highest BCUT2D eigenvalue weighted by molar-refractivity contribution is 14.1. The van der Waals surface area contributed by atoms with Crippen LogP contribution in [0.1, 0.15) is 31.2 Å². The van der Waals surface area contributed by atoms with Crippen molar-refractivity contribution in [2.24, 2.45) is 0 Å². The van der Waals surface area contributed by atoms with Gasteiger partial charge in [-0.3, -0.25) is 0 Å². The molecule has 0 amide bonds. The number of aryl methyl sites for hydroxylation is 1. The lowest BCUT2D eigenvalue weighted by molar-refractivity contribution is 0.174. The van der Waals surface area contributed by atoms with Crippen LogP contribution in [-0.2, 0) is 23.0 Å². The molecule has 2 aromatic heterocycles. The molecule has 10 nitrogen and oxygen atoms in total. The average Bonchev–Trinajstić information content (AvgIpc) is 3.30. The number of ether oxygens (including phenoxy) is 2. The van der Waals surface area contributed by atoms with Gasteiger partial charge < -0.3 is 19.8 Å². The zero-order chi connectivity index (χ0) is 22.9. The van der Waals surface area contributed by atoms with E-state index < -0.39 is 16.1 Å². The Bertz CT molecular complexity index is 1270. The van der Waals surface area contributed by atoms with Crippen LogP contribution in [0.3, 0.4) is 0 Å². The molecule has 172 valence electrons. The van der Waals surface area contributed by atoms with Crippen LogP contribution in [0.2, 0.25) is 0 Å². The molecular weight excluding hydrogens is 554 g/mol. The van der Waals surface area contributed by atoms with Crippen LogP contribution < -0.4 is 19.9 Å². The van der Waals surface area contributed by atoms with Crippen molar-refractivity contribution in [1.82, 2.24) is 24.2 Å². The number of rotatable bonds is 9. The second-order valence-corrected chi connectivity index (χ2v) is 10.4. The molecule has 0 bridgehead atoms. The Hall–Kier alpha value is -2.26. The molecule has 4 rings (SSSR count). The number of benzene rings is 1. The maximum atomic E-state index is 13.9. The Morgan fingerprint density at radius 1 is 1.25 bits per heavy atom. The second kappa shape index (κ2) is 9.31. The number of aromatic nitrogens is 4. The normalized spacial score (nSPS) is 13.2. The average molecular weight is 576 g/mol. The van der Waals surface area contributed by atoms with Crippen LogP contribution >= 0.6 is 22.6 Å². The lowest BCUT2D eigenvalue weighted by Gasteiger charge is -2.11. The van der Waals surface area contributed by atoms with E-state index in [1.54, 1.807) is 11.5 Å². The summed E-state index contributed by atoms with van der Waals surface area (Å²) in [5.74, 6) is 1.97. The van der Waals surface area contributed by atoms with Crippen molar-refractivity contribution in [3.63, 3.8) is 0 Å². The molecule has 0 fully saturated rings. The molecule has 0 unspecified atom stereocenters. The molecule has 1 aliphatic rings. The van der Waals surface area contributed by atoms with Crippen molar-refractivity contribution in [3.05, 3.63) is 33.2 Å². The standard InChI is InChI=1S/C19H22FIN6O4S/c1-2-6-32(28,29)23-4-3-5-27-15(24-16-17(22)25-19(20)26-18(16)27)8-11-7-13-14(9-12(11)21)31-10-30-13/h7,9,23H,2-6,8,10H2,1H3,(H2,22,25,26). The van der Waals surface area contributed by atoms with Gasteiger partial charge in [0.15, 0.2) is 28.5 Å². The fraction of sp³-hybridized carbons (Fsp3) is 0.421. The molecule has 3 aromatic rings. The van der Waals surface area contributed by atoms with Crippen LogP contribution in [0.15, 0.2) is 12.1 Å². The number of fused-ring (bicyclic) bond motifs is 2. The van der Waals surface area contributed by atoms with Crippen LogP contribution in [0.25, 0.3) is 11.2 Å². The molecule has 1 aromatic carbocycles. The third-order valence-electron chi connectivity index (χ3n) is 4.92. The summed E-state index contributed by atoms with van der Waals surface area (Å²) in [6.07, 6.45) is 0.470. The van der Waals surface area contributed by atoms with E-state index in [9.17, 15) is 12.8 Å². The molecule has 32 heavy (non-hydrogen) atoms. The predicted octanol–water partition coefficient (Wildman–Crippen LogP) is 2.19. The van der Waals surface area contributed by atoms with E-state index >= 15 is 0 Å². The monoisotopic (exact) mass is 576 g/mol. The van der Waals surface area contributed by atoms with E-state index in [1.807, 2.05) is 12.1 Å². The number of imidazole rings is 1.